The molecule has 1 aromatic heterocycles. The molecule has 3 amide bonds. The molecule has 2 saturated heterocycles. The molecule has 4 heterocycles. The molecule has 0 bridgehead atoms. The Morgan fingerprint density at radius 1 is 1.13 bits per heavy atom. The summed E-state index contributed by atoms with van der Waals surface area (Å²) in [5.74, 6) is 1.36. The van der Waals surface area contributed by atoms with Gasteiger partial charge in [0, 0.05) is 51.0 Å². The number of ether oxygens (including phenoxy) is 1. The normalized spacial score (nSPS) is 21.8. The van der Waals surface area contributed by atoms with E-state index in [0.29, 0.717) is 50.4 Å². The summed E-state index contributed by atoms with van der Waals surface area (Å²) in [5, 5.41) is 2.69. The van der Waals surface area contributed by atoms with Crippen LogP contribution in [-0.4, -0.2) is 100 Å². The quantitative estimate of drug-likeness (QED) is 0.489. The number of likely N-dealkylation sites (tertiary alicyclic amines) is 1. The molecule has 5 rings (SSSR count). The second kappa shape index (κ2) is 10.9. The van der Waals surface area contributed by atoms with E-state index in [1.807, 2.05) is 18.2 Å². The van der Waals surface area contributed by atoms with Crippen molar-refractivity contribution in [3.63, 3.8) is 0 Å². The maximum atomic E-state index is 12.8. The van der Waals surface area contributed by atoms with Gasteiger partial charge in [-0.15, -0.1) is 0 Å². The Morgan fingerprint density at radius 2 is 1.87 bits per heavy atom. The lowest BCUT2D eigenvalue weighted by Crippen LogP contribution is -2.58. The third-order valence-electron chi connectivity index (χ3n) is 7.83. The van der Waals surface area contributed by atoms with Crippen molar-refractivity contribution < 1.29 is 14.3 Å². The van der Waals surface area contributed by atoms with Crippen LogP contribution in [-0.2, 0) is 11.2 Å². The Morgan fingerprint density at radius 3 is 2.54 bits per heavy atom. The van der Waals surface area contributed by atoms with Crippen LogP contribution in [0.1, 0.15) is 25.8 Å². The first-order chi connectivity index (χ1) is 18.6. The lowest BCUT2D eigenvalue weighted by atomic mass is 10.0. The second-order valence-corrected chi connectivity index (χ2v) is 11.2. The highest BCUT2D eigenvalue weighted by Gasteiger charge is 2.32. The van der Waals surface area contributed by atoms with Gasteiger partial charge < -0.3 is 26.0 Å². The van der Waals surface area contributed by atoms with E-state index < -0.39 is 11.2 Å². The van der Waals surface area contributed by atoms with Crippen molar-refractivity contribution in [1.82, 2.24) is 24.3 Å². The molecule has 12 nitrogen and oxygen atoms in total. The topological polar surface area (TPSA) is 152 Å². The van der Waals surface area contributed by atoms with Crippen molar-refractivity contribution in [3.05, 3.63) is 46.5 Å². The van der Waals surface area contributed by atoms with E-state index in [0.717, 1.165) is 43.8 Å². The van der Waals surface area contributed by atoms with E-state index in [-0.39, 0.29) is 17.8 Å². The predicted molar refractivity (Wildman–Crippen MR) is 147 cm³/mol. The number of piperazine rings is 1. The number of carbonyl (C=O) groups is 2. The van der Waals surface area contributed by atoms with E-state index in [2.05, 4.69) is 15.2 Å². The van der Waals surface area contributed by atoms with E-state index in [4.69, 9.17) is 16.2 Å². The molecule has 2 aromatic rings. The number of fused-ring (bicyclic) bond motifs is 1. The van der Waals surface area contributed by atoms with Crippen LogP contribution >= 0.6 is 0 Å². The zero-order valence-corrected chi connectivity index (χ0v) is 22.6. The van der Waals surface area contributed by atoms with Crippen LogP contribution in [0.5, 0.6) is 5.75 Å². The first-order valence-electron chi connectivity index (χ1n) is 13.6. The van der Waals surface area contributed by atoms with Crippen LogP contribution in [0, 0.1) is 5.92 Å². The number of nitrogens with one attached hydrogen (secondary N) is 1. The third kappa shape index (κ3) is 5.92. The second-order valence-electron chi connectivity index (χ2n) is 11.2. The monoisotopic (exact) mass is 538 g/mol. The predicted octanol–water partition coefficient (Wildman–Crippen LogP) is 0.230. The number of aromatic nitrogens is 2. The molecule has 0 spiro atoms. The molecule has 3 aliphatic rings. The Labute approximate surface area is 227 Å². The standard InChI is InChI=1S/C27H38N8O4/c1-27(2,29)24(36)32-9-11-33(12-10-32)25(37)30-23-6-8-35(26(38)31-23)20-4-3-19-13-21(17-39-22(19)14-20)34-7-5-18(15-28)16-34/h3-4,6,8,14,18,21H,5,7,9-13,15-17,28-29H2,1-2H3,(H,30,31,37,38). The Kier molecular flexibility index (Phi) is 7.61. The van der Waals surface area contributed by atoms with Crippen LogP contribution in [0.3, 0.4) is 0 Å². The van der Waals surface area contributed by atoms with E-state index in [9.17, 15) is 14.4 Å². The highest BCUT2D eigenvalue weighted by Crippen LogP contribution is 2.30. The van der Waals surface area contributed by atoms with Gasteiger partial charge in [-0.05, 0) is 63.4 Å². The molecular weight excluding hydrogens is 500 g/mol. The molecule has 0 saturated carbocycles. The van der Waals surface area contributed by atoms with Gasteiger partial charge in [0.25, 0.3) is 0 Å². The van der Waals surface area contributed by atoms with Gasteiger partial charge in [0.2, 0.25) is 5.91 Å². The average Bonchev–Trinajstić information content (AvgIpc) is 3.41. The van der Waals surface area contributed by atoms with E-state index in [1.54, 1.807) is 35.9 Å². The smallest absolute Gasteiger partial charge is 0.354 e. The lowest BCUT2D eigenvalue weighted by molar-refractivity contribution is -0.137. The molecule has 12 heteroatoms. The zero-order valence-electron chi connectivity index (χ0n) is 22.6. The molecule has 2 unspecified atom stereocenters. The number of hydrogen-bond donors (Lipinski definition) is 3. The fraction of sp³-hybridized carbons (Fsp3) is 0.556. The van der Waals surface area contributed by atoms with Gasteiger partial charge in [0.1, 0.15) is 18.2 Å². The summed E-state index contributed by atoms with van der Waals surface area (Å²) in [5.41, 5.74) is 12.1. The summed E-state index contributed by atoms with van der Waals surface area (Å²) in [7, 11) is 0. The molecule has 0 radical (unpaired) electrons. The van der Waals surface area contributed by atoms with Crippen LogP contribution in [0.25, 0.3) is 5.69 Å². The number of nitrogens with zero attached hydrogens (tertiary/aromatic N) is 5. The van der Waals surface area contributed by atoms with E-state index >= 15 is 0 Å². The Hall–Kier alpha value is -3.48. The summed E-state index contributed by atoms with van der Waals surface area (Å²) < 4.78 is 7.53. The highest BCUT2D eigenvalue weighted by atomic mass is 16.5. The molecule has 2 atom stereocenters. The van der Waals surface area contributed by atoms with Crippen molar-refractivity contribution >= 4 is 17.8 Å². The molecule has 1 aromatic carbocycles. The number of urea groups is 1. The van der Waals surface area contributed by atoms with Crippen LogP contribution in [0.4, 0.5) is 10.6 Å². The van der Waals surface area contributed by atoms with Crippen LogP contribution in [0.15, 0.2) is 35.3 Å². The maximum Gasteiger partial charge on any atom is 0.354 e. The number of carbonyl (C=O) groups excluding carboxylic acids is 2. The van der Waals surface area contributed by atoms with E-state index in [1.165, 1.54) is 4.57 Å². The third-order valence-corrected chi connectivity index (χ3v) is 7.83. The summed E-state index contributed by atoms with van der Waals surface area (Å²) in [6.07, 6.45) is 3.63. The van der Waals surface area contributed by atoms with Gasteiger partial charge in [-0.25, -0.2) is 9.59 Å². The minimum absolute atomic E-state index is 0.146. The van der Waals surface area contributed by atoms with Crippen LogP contribution < -0.4 is 27.2 Å². The van der Waals surface area contributed by atoms with Crippen LogP contribution in [0.2, 0.25) is 0 Å². The number of hydrogen-bond acceptors (Lipinski definition) is 8. The SMILES string of the molecule is CC(C)(N)C(=O)N1CCN(C(=O)Nc2ccn(-c3ccc4c(c3)OCC(N3CCC(CN)C3)C4)c(=O)n2)CC1. The summed E-state index contributed by atoms with van der Waals surface area (Å²) >= 11 is 0. The van der Waals surface area contributed by atoms with Gasteiger partial charge in [-0.2, -0.15) is 4.98 Å². The first kappa shape index (κ1) is 27.1. The van der Waals surface area contributed by atoms with Crippen molar-refractivity contribution in [3.8, 4) is 11.4 Å². The largest absolute Gasteiger partial charge is 0.492 e. The number of anilines is 1. The minimum atomic E-state index is -0.951. The molecular formula is C27H38N8O4. The Bertz CT molecular complexity index is 1280. The maximum absolute atomic E-state index is 12.8. The minimum Gasteiger partial charge on any atom is -0.492 e. The average molecular weight is 539 g/mol. The van der Waals surface area contributed by atoms with Crippen molar-refractivity contribution in [2.75, 3.05) is 57.7 Å². The van der Waals surface area contributed by atoms with Gasteiger partial charge >= 0.3 is 11.7 Å². The summed E-state index contributed by atoms with van der Waals surface area (Å²) in [4.78, 5) is 47.7. The fourth-order valence-corrected chi connectivity index (χ4v) is 5.49. The molecule has 39 heavy (non-hydrogen) atoms. The number of benzene rings is 1. The van der Waals surface area contributed by atoms with Gasteiger partial charge in [0.15, 0.2) is 0 Å². The highest BCUT2D eigenvalue weighted by molar-refractivity contribution is 5.89. The molecule has 2 fully saturated rings. The first-order valence-corrected chi connectivity index (χ1v) is 13.6. The van der Waals surface area contributed by atoms with Gasteiger partial charge in [0.05, 0.1) is 11.2 Å². The molecule has 210 valence electrons. The van der Waals surface area contributed by atoms with Crippen molar-refractivity contribution in [1.29, 1.82) is 0 Å². The summed E-state index contributed by atoms with van der Waals surface area (Å²) in [6, 6.07) is 7.32. The van der Waals surface area contributed by atoms with Crippen molar-refractivity contribution in [2.24, 2.45) is 17.4 Å². The van der Waals surface area contributed by atoms with Gasteiger partial charge in [-0.3, -0.25) is 19.6 Å². The zero-order chi connectivity index (χ0) is 27.7. The summed E-state index contributed by atoms with van der Waals surface area (Å²) in [6.45, 7) is 8.27. The lowest BCUT2D eigenvalue weighted by Gasteiger charge is -2.37. The fourth-order valence-electron chi connectivity index (χ4n) is 5.49. The number of amides is 3. The molecule has 5 N–H and O–H groups in total. The van der Waals surface area contributed by atoms with Crippen molar-refractivity contribution in [2.45, 2.75) is 38.3 Å². The number of nitrogens with two attached hydrogens (primary N) is 2. The number of rotatable bonds is 5. The Balaban J connectivity index is 1.19. The molecule has 0 aliphatic carbocycles. The van der Waals surface area contributed by atoms with Gasteiger partial charge in [-0.1, -0.05) is 6.07 Å². The molecule has 3 aliphatic heterocycles.